The second kappa shape index (κ2) is 10.3. The van der Waals surface area contributed by atoms with Crippen LogP contribution in [0.3, 0.4) is 0 Å². The van der Waals surface area contributed by atoms with Crippen LogP contribution >= 0.6 is 0 Å². The van der Waals surface area contributed by atoms with Gasteiger partial charge in [-0.2, -0.15) is 0 Å². The number of fused-ring (bicyclic) bond motifs is 1. The summed E-state index contributed by atoms with van der Waals surface area (Å²) >= 11 is 0. The fourth-order valence-corrected chi connectivity index (χ4v) is 3.96. The van der Waals surface area contributed by atoms with Crippen molar-refractivity contribution < 1.29 is 9.59 Å². The Kier molecular flexibility index (Phi) is 6.98. The number of hydrogen-bond donors (Lipinski definition) is 1. The zero-order chi connectivity index (χ0) is 23.2. The highest BCUT2D eigenvalue weighted by Gasteiger charge is 2.12. The van der Waals surface area contributed by atoms with Gasteiger partial charge >= 0.3 is 0 Å². The average Bonchev–Trinajstić information content (AvgIpc) is 3.33. The van der Waals surface area contributed by atoms with E-state index in [2.05, 4.69) is 27.9 Å². The largest absolute Gasteiger partial charge is 0.350 e. The molecule has 2 aromatic heterocycles. The van der Waals surface area contributed by atoms with Crippen molar-refractivity contribution in [3.05, 3.63) is 95.4 Å². The maximum atomic E-state index is 12.8. The molecule has 33 heavy (non-hydrogen) atoms. The Bertz CT molecular complexity index is 1260. The van der Waals surface area contributed by atoms with E-state index < -0.39 is 0 Å². The smallest absolute Gasteiger partial charge is 0.255 e. The molecule has 0 saturated carbocycles. The van der Waals surface area contributed by atoms with E-state index in [-0.39, 0.29) is 11.7 Å². The molecule has 0 spiro atoms. The number of carbonyl (C=O) groups is 2. The van der Waals surface area contributed by atoms with E-state index in [1.807, 2.05) is 61.9 Å². The predicted octanol–water partition coefficient (Wildman–Crippen LogP) is 5.95. The molecule has 2 heterocycles. The number of anilines is 1. The molecule has 0 aliphatic carbocycles. The van der Waals surface area contributed by atoms with E-state index in [9.17, 15) is 9.59 Å². The minimum atomic E-state index is -0.175. The van der Waals surface area contributed by atoms with Gasteiger partial charge in [0.1, 0.15) is 5.78 Å². The van der Waals surface area contributed by atoms with Crippen LogP contribution in [0.1, 0.15) is 53.2 Å². The Morgan fingerprint density at radius 1 is 1.00 bits per heavy atom. The van der Waals surface area contributed by atoms with Gasteiger partial charge in [0.25, 0.3) is 5.91 Å². The fraction of sp³-hybridized carbons (Fsp3) is 0.250. The monoisotopic (exact) mass is 439 g/mol. The second-order valence-corrected chi connectivity index (χ2v) is 8.48. The van der Waals surface area contributed by atoms with Crippen LogP contribution < -0.4 is 5.32 Å². The highest BCUT2D eigenvalue weighted by molar-refractivity contribution is 6.06. The fourth-order valence-electron chi connectivity index (χ4n) is 3.96. The van der Waals surface area contributed by atoms with Crippen LogP contribution in [0.25, 0.3) is 10.9 Å². The summed E-state index contributed by atoms with van der Waals surface area (Å²) in [6, 6.07) is 17.4. The third-order valence-corrected chi connectivity index (χ3v) is 5.87. The van der Waals surface area contributed by atoms with Crippen LogP contribution in [0.2, 0.25) is 0 Å². The average molecular weight is 440 g/mol. The van der Waals surface area contributed by atoms with Crippen LogP contribution in [0, 0.1) is 6.92 Å². The molecule has 0 bridgehead atoms. The minimum Gasteiger partial charge on any atom is -0.350 e. The predicted molar refractivity (Wildman–Crippen MR) is 133 cm³/mol. The molecule has 168 valence electrons. The molecule has 5 heteroatoms. The van der Waals surface area contributed by atoms with E-state index in [4.69, 9.17) is 0 Å². The summed E-state index contributed by atoms with van der Waals surface area (Å²) in [5.74, 6) is 0.0652. The summed E-state index contributed by atoms with van der Waals surface area (Å²) in [5, 5.41) is 4.06. The molecule has 0 fully saturated rings. The molecule has 1 amide bonds. The van der Waals surface area contributed by atoms with Gasteiger partial charge in [0.2, 0.25) is 0 Å². The minimum absolute atomic E-state index is 0.175. The molecular weight excluding hydrogens is 410 g/mol. The number of unbranched alkanes of at least 4 members (excludes halogenated alkanes) is 1. The number of aromatic nitrogens is 2. The molecule has 4 rings (SSSR count). The van der Waals surface area contributed by atoms with E-state index in [1.54, 1.807) is 12.1 Å². The lowest BCUT2D eigenvalue weighted by Gasteiger charge is -2.12. The number of nitrogens with zero attached hydrogens (tertiary/aromatic N) is 2. The van der Waals surface area contributed by atoms with Gasteiger partial charge in [0, 0.05) is 54.6 Å². The standard InChI is InChI=1S/C28H29N3O2/c1-3-4-7-25(32)17-21-8-10-23(11-9-21)28(33)30-26-13-12-24-16-22(18-29-27(24)20(26)2)19-31-14-5-6-15-31/h5-6,8-16,18H,3-4,7,17,19H2,1-2H3,(H,30,33). The molecular formula is C28H29N3O2. The molecule has 2 aromatic carbocycles. The maximum absolute atomic E-state index is 12.8. The first-order valence-electron chi connectivity index (χ1n) is 11.4. The number of hydrogen-bond acceptors (Lipinski definition) is 3. The van der Waals surface area contributed by atoms with Crippen molar-refractivity contribution in [3.8, 4) is 0 Å². The molecule has 4 aromatic rings. The highest BCUT2D eigenvalue weighted by atomic mass is 16.1. The second-order valence-electron chi connectivity index (χ2n) is 8.48. The van der Waals surface area contributed by atoms with Gasteiger partial charge in [-0.15, -0.1) is 0 Å². The number of rotatable bonds is 9. The van der Waals surface area contributed by atoms with Crippen molar-refractivity contribution in [2.75, 3.05) is 5.32 Å². The summed E-state index contributed by atoms with van der Waals surface area (Å²) < 4.78 is 2.11. The number of pyridine rings is 1. The Labute approximate surface area is 194 Å². The van der Waals surface area contributed by atoms with Gasteiger partial charge in [-0.05, 0) is 66.4 Å². The number of benzene rings is 2. The lowest BCUT2D eigenvalue weighted by molar-refractivity contribution is -0.118. The van der Waals surface area contributed by atoms with Crippen LogP contribution in [0.5, 0.6) is 0 Å². The van der Waals surface area contributed by atoms with Crippen LogP contribution in [0.15, 0.2) is 73.2 Å². The number of ketones is 1. The Hall–Kier alpha value is -3.73. The van der Waals surface area contributed by atoms with Gasteiger partial charge in [0.15, 0.2) is 0 Å². The molecule has 0 saturated heterocycles. The lowest BCUT2D eigenvalue weighted by Crippen LogP contribution is -2.13. The molecule has 5 nitrogen and oxygen atoms in total. The molecule has 0 radical (unpaired) electrons. The van der Waals surface area contributed by atoms with Crippen molar-refractivity contribution in [1.82, 2.24) is 9.55 Å². The highest BCUT2D eigenvalue weighted by Crippen LogP contribution is 2.25. The summed E-state index contributed by atoms with van der Waals surface area (Å²) in [4.78, 5) is 29.5. The quantitative estimate of drug-likeness (QED) is 0.351. The first-order valence-corrected chi connectivity index (χ1v) is 11.4. The molecule has 0 aliphatic heterocycles. The summed E-state index contributed by atoms with van der Waals surface area (Å²) in [6.45, 7) is 4.83. The summed E-state index contributed by atoms with van der Waals surface area (Å²) in [6.07, 6.45) is 8.93. The van der Waals surface area contributed by atoms with E-state index in [0.29, 0.717) is 18.4 Å². The topological polar surface area (TPSA) is 64.0 Å². The van der Waals surface area contributed by atoms with Gasteiger partial charge in [-0.1, -0.05) is 31.5 Å². The third-order valence-electron chi connectivity index (χ3n) is 5.87. The Morgan fingerprint density at radius 2 is 1.76 bits per heavy atom. The third kappa shape index (κ3) is 5.55. The van der Waals surface area contributed by atoms with Crippen LogP contribution in [0.4, 0.5) is 5.69 Å². The lowest BCUT2D eigenvalue weighted by atomic mass is 10.0. The van der Waals surface area contributed by atoms with Crippen molar-refractivity contribution >= 4 is 28.3 Å². The van der Waals surface area contributed by atoms with Crippen molar-refractivity contribution in [3.63, 3.8) is 0 Å². The van der Waals surface area contributed by atoms with E-state index in [0.717, 1.165) is 52.7 Å². The Balaban J connectivity index is 1.45. The summed E-state index contributed by atoms with van der Waals surface area (Å²) in [7, 11) is 0. The van der Waals surface area contributed by atoms with Crippen LogP contribution in [-0.2, 0) is 17.8 Å². The molecule has 0 atom stereocenters. The molecule has 1 N–H and O–H groups in total. The van der Waals surface area contributed by atoms with Gasteiger partial charge in [-0.25, -0.2) is 0 Å². The normalized spacial score (nSPS) is 11.0. The maximum Gasteiger partial charge on any atom is 0.255 e. The zero-order valence-corrected chi connectivity index (χ0v) is 19.2. The number of amides is 1. The van der Waals surface area contributed by atoms with Gasteiger partial charge in [0.05, 0.1) is 5.52 Å². The van der Waals surface area contributed by atoms with Crippen molar-refractivity contribution in [2.45, 2.75) is 46.1 Å². The van der Waals surface area contributed by atoms with E-state index >= 15 is 0 Å². The first-order chi connectivity index (χ1) is 16.0. The summed E-state index contributed by atoms with van der Waals surface area (Å²) in [5.41, 5.74) is 5.19. The molecule has 0 aliphatic rings. The van der Waals surface area contributed by atoms with E-state index in [1.165, 1.54) is 0 Å². The number of carbonyl (C=O) groups excluding carboxylic acids is 2. The first kappa shape index (κ1) is 22.5. The Morgan fingerprint density at radius 3 is 2.48 bits per heavy atom. The van der Waals surface area contributed by atoms with Crippen molar-refractivity contribution in [2.24, 2.45) is 0 Å². The zero-order valence-electron chi connectivity index (χ0n) is 19.2. The van der Waals surface area contributed by atoms with Crippen LogP contribution in [-0.4, -0.2) is 21.2 Å². The SMILES string of the molecule is CCCCC(=O)Cc1ccc(C(=O)Nc2ccc3cc(Cn4cccc4)cnc3c2C)cc1. The van der Waals surface area contributed by atoms with Crippen molar-refractivity contribution in [1.29, 1.82) is 0 Å². The van der Waals surface area contributed by atoms with Gasteiger partial charge < -0.3 is 9.88 Å². The number of nitrogens with one attached hydrogen (secondary N) is 1. The molecule has 0 unspecified atom stereocenters. The number of Topliss-reactive ketones (excluding diaryl/α,β-unsaturated/α-hetero) is 1. The van der Waals surface area contributed by atoms with Gasteiger partial charge in [-0.3, -0.25) is 14.6 Å². The number of aryl methyl sites for hydroxylation is 1.